The number of rotatable bonds is 2. The molecule has 0 saturated carbocycles. The highest BCUT2D eigenvalue weighted by molar-refractivity contribution is 9.10. The second-order valence-electron chi connectivity index (χ2n) is 3.35. The Labute approximate surface area is 106 Å². The highest BCUT2D eigenvalue weighted by atomic mass is 79.9. The van der Waals surface area contributed by atoms with E-state index < -0.39 is 0 Å². The van der Waals surface area contributed by atoms with Crippen LogP contribution in [-0.2, 0) is 0 Å². The number of aryl methyl sites for hydroxylation is 1. The number of nitrogens with one attached hydrogen (secondary N) is 1. The lowest BCUT2D eigenvalue weighted by molar-refractivity contribution is 0.102. The van der Waals surface area contributed by atoms with E-state index in [2.05, 4.69) is 36.2 Å². The van der Waals surface area contributed by atoms with Crippen LogP contribution in [0.1, 0.15) is 16.1 Å². The molecule has 0 bridgehead atoms. The van der Waals surface area contributed by atoms with Crippen molar-refractivity contribution in [2.45, 2.75) is 6.92 Å². The van der Waals surface area contributed by atoms with Crippen molar-refractivity contribution < 1.29 is 4.79 Å². The summed E-state index contributed by atoms with van der Waals surface area (Å²) >= 11 is 3.26. The molecular formula is C11H9BrN4O. The minimum absolute atomic E-state index is 0.252. The van der Waals surface area contributed by atoms with Crippen molar-refractivity contribution >= 4 is 27.5 Å². The van der Waals surface area contributed by atoms with Crippen molar-refractivity contribution in [2.75, 3.05) is 5.32 Å². The van der Waals surface area contributed by atoms with E-state index in [1.54, 1.807) is 12.1 Å². The van der Waals surface area contributed by atoms with Crippen LogP contribution < -0.4 is 5.32 Å². The Morgan fingerprint density at radius 1 is 1.29 bits per heavy atom. The van der Waals surface area contributed by atoms with Gasteiger partial charge in [0.1, 0.15) is 10.9 Å². The first kappa shape index (κ1) is 11.7. The molecule has 0 aliphatic carbocycles. The molecule has 0 unspecified atom stereocenters. The van der Waals surface area contributed by atoms with Gasteiger partial charge in [0.05, 0.1) is 16.9 Å². The summed E-state index contributed by atoms with van der Waals surface area (Å²) in [5, 5.41) is 2.75. The van der Waals surface area contributed by atoms with Crippen LogP contribution in [0.15, 0.2) is 35.5 Å². The van der Waals surface area contributed by atoms with Gasteiger partial charge in [0.2, 0.25) is 0 Å². The molecule has 0 fully saturated rings. The fraction of sp³-hybridized carbons (Fsp3) is 0.0909. The molecule has 86 valence electrons. The summed E-state index contributed by atoms with van der Waals surface area (Å²) in [6, 6.07) is 3.55. The number of hydrogen-bond donors (Lipinski definition) is 1. The summed E-state index contributed by atoms with van der Waals surface area (Å²) in [5.41, 5.74) is 1.82. The molecule has 0 atom stereocenters. The maximum Gasteiger partial charge on any atom is 0.258 e. The molecule has 0 aromatic carbocycles. The third-order valence-electron chi connectivity index (χ3n) is 2.12. The number of carbonyl (C=O) groups is 1. The van der Waals surface area contributed by atoms with Crippen LogP contribution in [0.2, 0.25) is 0 Å². The van der Waals surface area contributed by atoms with Gasteiger partial charge in [-0.05, 0) is 35.0 Å². The van der Waals surface area contributed by atoms with Gasteiger partial charge < -0.3 is 5.32 Å². The second kappa shape index (κ2) is 5.01. The highest BCUT2D eigenvalue weighted by Gasteiger charge is 2.08. The third-order valence-corrected chi connectivity index (χ3v) is 2.56. The summed E-state index contributed by atoms with van der Waals surface area (Å²) in [6.45, 7) is 1.82. The van der Waals surface area contributed by atoms with Crippen molar-refractivity contribution in [1.82, 2.24) is 15.0 Å². The molecule has 6 heteroatoms. The number of aromatic nitrogens is 3. The van der Waals surface area contributed by atoms with Crippen LogP contribution in [0.25, 0.3) is 0 Å². The van der Waals surface area contributed by atoms with E-state index in [0.29, 0.717) is 11.3 Å². The largest absolute Gasteiger partial charge is 0.320 e. The zero-order valence-electron chi connectivity index (χ0n) is 9.01. The van der Waals surface area contributed by atoms with Gasteiger partial charge >= 0.3 is 0 Å². The van der Waals surface area contributed by atoms with Crippen LogP contribution in [0.4, 0.5) is 5.69 Å². The SMILES string of the molecule is Cc1nc(Br)ccc1NC(=O)c1cncnc1. The van der Waals surface area contributed by atoms with Crippen LogP contribution >= 0.6 is 15.9 Å². The van der Waals surface area contributed by atoms with Crippen molar-refractivity contribution in [3.63, 3.8) is 0 Å². The summed E-state index contributed by atoms with van der Waals surface area (Å²) < 4.78 is 0.732. The average molecular weight is 293 g/mol. The van der Waals surface area contributed by atoms with Crippen molar-refractivity contribution in [3.05, 3.63) is 46.7 Å². The van der Waals surface area contributed by atoms with Gasteiger partial charge in [-0.1, -0.05) is 0 Å². The average Bonchev–Trinajstić information content (AvgIpc) is 2.34. The number of hydrogen-bond acceptors (Lipinski definition) is 4. The molecule has 5 nitrogen and oxygen atoms in total. The van der Waals surface area contributed by atoms with Crippen LogP contribution in [0.3, 0.4) is 0 Å². The highest BCUT2D eigenvalue weighted by Crippen LogP contribution is 2.16. The van der Waals surface area contributed by atoms with Crippen molar-refractivity contribution in [1.29, 1.82) is 0 Å². The van der Waals surface area contributed by atoms with E-state index >= 15 is 0 Å². The lowest BCUT2D eigenvalue weighted by Gasteiger charge is -2.07. The molecule has 2 aromatic heterocycles. The lowest BCUT2D eigenvalue weighted by atomic mass is 10.2. The fourth-order valence-electron chi connectivity index (χ4n) is 1.27. The Hall–Kier alpha value is -1.82. The number of halogens is 1. The first-order valence-corrected chi connectivity index (χ1v) is 5.65. The first-order chi connectivity index (χ1) is 8.16. The van der Waals surface area contributed by atoms with Gasteiger partial charge in [-0.2, -0.15) is 0 Å². The monoisotopic (exact) mass is 292 g/mol. The summed E-state index contributed by atoms with van der Waals surface area (Å²) in [4.78, 5) is 23.6. The Morgan fingerprint density at radius 3 is 2.65 bits per heavy atom. The van der Waals surface area contributed by atoms with Crippen molar-refractivity contribution in [3.8, 4) is 0 Å². The van der Waals surface area contributed by atoms with E-state index in [9.17, 15) is 4.79 Å². The summed E-state index contributed by atoms with van der Waals surface area (Å²) in [7, 11) is 0. The molecule has 0 saturated heterocycles. The maximum atomic E-state index is 11.8. The van der Waals surface area contributed by atoms with Gasteiger partial charge in [0.25, 0.3) is 5.91 Å². The zero-order valence-corrected chi connectivity index (χ0v) is 10.6. The molecule has 0 aliphatic heterocycles. The number of pyridine rings is 1. The van der Waals surface area contributed by atoms with E-state index in [1.165, 1.54) is 18.7 Å². The minimum Gasteiger partial charge on any atom is -0.320 e. The topological polar surface area (TPSA) is 67.8 Å². The predicted octanol–water partition coefficient (Wildman–Crippen LogP) is 2.19. The molecule has 2 heterocycles. The van der Waals surface area contributed by atoms with Gasteiger partial charge in [-0.25, -0.2) is 15.0 Å². The molecule has 1 amide bonds. The van der Waals surface area contributed by atoms with Crippen LogP contribution in [0.5, 0.6) is 0 Å². The Kier molecular flexibility index (Phi) is 3.43. The Balaban J connectivity index is 2.19. The zero-order chi connectivity index (χ0) is 12.3. The standard InChI is InChI=1S/C11H9BrN4O/c1-7-9(2-3-10(12)15-7)16-11(17)8-4-13-6-14-5-8/h2-6H,1H3,(H,16,17). The maximum absolute atomic E-state index is 11.8. The van der Waals surface area contributed by atoms with Gasteiger partial charge in [-0.3, -0.25) is 4.79 Å². The van der Waals surface area contributed by atoms with Crippen molar-refractivity contribution in [2.24, 2.45) is 0 Å². The quantitative estimate of drug-likeness (QED) is 0.862. The van der Waals surface area contributed by atoms with Gasteiger partial charge in [0.15, 0.2) is 0 Å². The van der Waals surface area contributed by atoms with Crippen LogP contribution in [0, 0.1) is 6.92 Å². The van der Waals surface area contributed by atoms with E-state index in [-0.39, 0.29) is 5.91 Å². The van der Waals surface area contributed by atoms with E-state index in [4.69, 9.17) is 0 Å². The fourth-order valence-corrected chi connectivity index (χ4v) is 1.67. The first-order valence-electron chi connectivity index (χ1n) is 4.86. The third kappa shape index (κ3) is 2.85. The lowest BCUT2D eigenvalue weighted by Crippen LogP contribution is -2.13. The normalized spacial score (nSPS) is 10.0. The number of amides is 1. The number of anilines is 1. The summed E-state index contributed by atoms with van der Waals surface area (Å²) in [5.74, 6) is -0.252. The Morgan fingerprint density at radius 2 is 2.00 bits per heavy atom. The smallest absolute Gasteiger partial charge is 0.258 e. The molecule has 2 rings (SSSR count). The molecule has 0 aliphatic rings. The summed E-state index contributed by atoms with van der Waals surface area (Å²) in [6.07, 6.45) is 4.30. The number of carbonyl (C=O) groups excluding carboxylic acids is 1. The molecule has 1 N–H and O–H groups in total. The molecular weight excluding hydrogens is 284 g/mol. The van der Waals surface area contributed by atoms with E-state index in [1.807, 2.05) is 6.92 Å². The van der Waals surface area contributed by atoms with E-state index in [0.717, 1.165) is 10.3 Å². The van der Waals surface area contributed by atoms with Gasteiger partial charge in [0, 0.05) is 12.4 Å². The molecule has 2 aromatic rings. The molecule has 0 radical (unpaired) electrons. The second-order valence-corrected chi connectivity index (χ2v) is 4.16. The van der Waals surface area contributed by atoms with Gasteiger partial charge in [-0.15, -0.1) is 0 Å². The molecule has 17 heavy (non-hydrogen) atoms. The molecule has 0 spiro atoms. The Bertz CT molecular complexity index is 544. The minimum atomic E-state index is -0.252. The van der Waals surface area contributed by atoms with Crippen LogP contribution in [-0.4, -0.2) is 20.9 Å². The predicted molar refractivity (Wildman–Crippen MR) is 66.7 cm³/mol. The number of nitrogens with zero attached hydrogens (tertiary/aromatic N) is 3.